The van der Waals surface area contributed by atoms with Crippen molar-refractivity contribution in [2.45, 2.75) is 33.4 Å². The summed E-state index contributed by atoms with van der Waals surface area (Å²) in [5, 5.41) is 3.00. The highest BCUT2D eigenvalue weighted by Gasteiger charge is 2.37. The Bertz CT molecular complexity index is 1180. The molecular formula is C25H24ClFN2O4S. The molecule has 2 aliphatic rings. The Labute approximate surface area is 207 Å². The van der Waals surface area contributed by atoms with E-state index in [1.54, 1.807) is 25.1 Å². The van der Waals surface area contributed by atoms with Gasteiger partial charge in [-0.2, -0.15) is 0 Å². The molecule has 1 atom stereocenters. The number of rotatable bonds is 8. The lowest BCUT2D eigenvalue weighted by molar-refractivity contribution is -0.139. The average Bonchev–Trinajstić information content (AvgIpc) is 3.27. The van der Waals surface area contributed by atoms with Gasteiger partial charge < -0.3 is 19.1 Å². The van der Waals surface area contributed by atoms with E-state index in [2.05, 4.69) is 4.99 Å². The number of esters is 1. The molecule has 2 heterocycles. The van der Waals surface area contributed by atoms with Crippen molar-refractivity contribution in [3.05, 3.63) is 81.2 Å². The number of carbonyl (C=O) groups is 1. The van der Waals surface area contributed by atoms with Gasteiger partial charge in [-0.05, 0) is 56.0 Å². The van der Waals surface area contributed by atoms with E-state index in [0.29, 0.717) is 34.4 Å². The van der Waals surface area contributed by atoms with Gasteiger partial charge in [-0.3, -0.25) is 0 Å². The number of amidine groups is 1. The lowest BCUT2D eigenvalue weighted by Crippen LogP contribution is -2.34. The molecular weight excluding hydrogens is 479 g/mol. The van der Waals surface area contributed by atoms with Crippen LogP contribution in [0, 0.1) is 5.82 Å². The van der Waals surface area contributed by atoms with Gasteiger partial charge in [0.05, 0.1) is 35.5 Å². The molecule has 0 aromatic heterocycles. The molecule has 2 aromatic rings. The molecule has 4 rings (SSSR count). The minimum absolute atomic E-state index is 0.0518. The highest BCUT2D eigenvalue weighted by atomic mass is 35.5. The fourth-order valence-electron chi connectivity index (χ4n) is 3.80. The van der Waals surface area contributed by atoms with Crippen LogP contribution >= 0.6 is 23.4 Å². The van der Waals surface area contributed by atoms with Gasteiger partial charge in [-0.1, -0.05) is 35.5 Å². The van der Waals surface area contributed by atoms with Crippen molar-refractivity contribution in [1.82, 2.24) is 4.90 Å². The van der Waals surface area contributed by atoms with Gasteiger partial charge >= 0.3 is 5.97 Å². The first-order chi connectivity index (χ1) is 16.4. The Morgan fingerprint density at radius 3 is 2.74 bits per heavy atom. The van der Waals surface area contributed by atoms with Crippen LogP contribution in [-0.4, -0.2) is 29.3 Å². The maximum Gasteiger partial charge on any atom is 0.338 e. The second kappa shape index (κ2) is 10.5. The highest BCUT2D eigenvalue weighted by molar-refractivity contribution is 8.16. The number of aliphatic imine (C=N–C) groups is 1. The molecule has 0 N–H and O–H groups in total. The Balaban J connectivity index is 1.69. The topological polar surface area (TPSA) is 60.4 Å². The van der Waals surface area contributed by atoms with E-state index in [1.165, 1.54) is 17.8 Å². The molecule has 34 heavy (non-hydrogen) atoms. The molecule has 0 unspecified atom stereocenters. The summed E-state index contributed by atoms with van der Waals surface area (Å²) in [6.45, 7) is 6.05. The Hall–Kier alpha value is -2.97. The van der Waals surface area contributed by atoms with E-state index in [1.807, 2.05) is 42.5 Å². The maximum absolute atomic E-state index is 14.2. The number of fused-ring (bicyclic) bond motifs is 1. The fourth-order valence-corrected chi connectivity index (χ4v) is 4.81. The minimum atomic E-state index is -0.438. The third-order valence-corrected chi connectivity index (χ3v) is 6.46. The highest BCUT2D eigenvalue weighted by Crippen LogP contribution is 2.43. The monoisotopic (exact) mass is 502 g/mol. The molecule has 0 amide bonds. The summed E-state index contributed by atoms with van der Waals surface area (Å²) < 4.78 is 31.3. The third kappa shape index (κ3) is 4.79. The molecule has 0 saturated heterocycles. The number of hydrogen-bond donors (Lipinski definition) is 0. The predicted octanol–water partition coefficient (Wildman–Crippen LogP) is 6.22. The van der Waals surface area contributed by atoms with Crippen molar-refractivity contribution in [3.63, 3.8) is 0 Å². The summed E-state index contributed by atoms with van der Waals surface area (Å²) >= 11 is 7.62. The van der Waals surface area contributed by atoms with Crippen LogP contribution in [0.15, 0.2) is 64.3 Å². The lowest BCUT2D eigenvalue weighted by Gasteiger charge is -2.33. The van der Waals surface area contributed by atoms with Crippen molar-refractivity contribution in [2.75, 3.05) is 13.2 Å². The molecule has 0 spiro atoms. The molecule has 0 aliphatic carbocycles. The fraction of sp³-hybridized carbons (Fsp3) is 0.280. The van der Waals surface area contributed by atoms with Crippen LogP contribution in [-0.2, 0) is 16.1 Å². The molecule has 0 fully saturated rings. The summed E-state index contributed by atoms with van der Waals surface area (Å²) in [4.78, 5) is 19.4. The van der Waals surface area contributed by atoms with E-state index >= 15 is 0 Å². The zero-order valence-electron chi connectivity index (χ0n) is 19.0. The molecule has 0 saturated carbocycles. The molecule has 6 nitrogen and oxygen atoms in total. The normalized spacial score (nSPS) is 16.9. The molecule has 9 heteroatoms. The predicted molar refractivity (Wildman–Crippen MR) is 131 cm³/mol. The second-order valence-corrected chi connectivity index (χ2v) is 8.74. The first-order valence-corrected chi connectivity index (χ1v) is 12.1. The number of nitrogens with zero attached hydrogens (tertiary/aromatic N) is 2. The summed E-state index contributed by atoms with van der Waals surface area (Å²) in [6, 6.07) is 9.51. The number of allylic oxidation sites excluding steroid dienone is 1. The van der Waals surface area contributed by atoms with E-state index in [-0.39, 0.29) is 18.8 Å². The van der Waals surface area contributed by atoms with Gasteiger partial charge in [0.2, 0.25) is 0 Å². The number of halogens is 2. The molecule has 2 aliphatic heterocycles. The maximum atomic E-state index is 14.2. The Morgan fingerprint density at radius 2 is 2.00 bits per heavy atom. The number of benzene rings is 2. The zero-order valence-corrected chi connectivity index (χ0v) is 20.6. The van der Waals surface area contributed by atoms with Gasteiger partial charge in [0.1, 0.15) is 12.4 Å². The second-order valence-electron chi connectivity index (χ2n) is 7.45. The van der Waals surface area contributed by atoms with Crippen molar-refractivity contribution in [1.29, 1.82) is 0 Å². The van der Waals surface area contributed by atoms with Gasteiger partial charge in [-0.25, -0.2) is 14.2 Å². The first kappa shape index (κ1) is 24.2. The van der Waals surface area contributed by atoms with Crippen LogP contribution in [0.2, 0.25) is 5.02 Å². The van der Waals surface area contributed by atoms with Crippen LogP contribution in [0.3, 0.4) is 0 Å². The van der Waals surface area contributed by atoms with Crippen LogP contribution in [0.4, 0.5) is 4.39 Å². The van der Waals surface area contributed by atoms with Crippen molar-refractivity contribution >= 4 is 34.5 Å². The van der Waals surface area contributed by atoms with E-state index in [0.717, 1.165) is 10.7 Å². The molecule has 0 radical (unpaired) electrons. The van der Waals surface area contributed by atoms with Gasteiger partial charge in [-0.15, -0.1) is 0 Å². The van der Waals surface area contributed by atoms with Crippen LogP contribution in [0.1, 0.15) is 37.9 Å². The van der Waals surface area contributed by atoms with E-state index in [9.17, 15) is 9.18 Å². The standard InChI is InChI=1S/C25H24ClFN2O4S/c1-4-31-21-13-16(9-10-20(21)33-14-17-18(26)7-6-8-19(17)27)23-22(24(30)32-5-2)15(3)28-25-29(23)11-12-34-25/h6-13,23H,4-5,14H2,1-3H3/t23-/m1/s1. The zero-order chi connectivity index (χ0) is 24.2. The van der Waals surface area contributed by atoms with Crippen LogP contribution < -0.4 is 9.47 Å². The molecule has 2 aromatic carbocycles. The number of thioether (sulfide) groups is 1. The van der Waals surface area contributed by atoms with E-state index < -0.39 is 17.8 Å². The Morgan fingerprint density at radius 1 is 1.18 bits per heavy atom. The quantitative estimate of drug-likeness (QED) is 0.399. The van der Waals surface area contributed by atoms with E-state index in [4.69, 9.17) is 25.8 Å². The minimum Gasteiger partial charge on any atom is -0.490 e. The summed E-state index contributed by atoms with van der Waals surface area (Å²) in [7, 11) is 0. The number of ether oxygens (including phenoxy) is 3. The SMILES string of the molecule is CCOC(=O)C1=C(C)N=C2SC=CN2[C@@H]1c1ccc(OCc2c(F)cccc2Cl)c(OCC)c1. The smallest absolute Gasteiger partial charge is 0.338 e. The average molecular weight is 503 g/mol. The van der Waals surface area contributed by atoms with Crippen molar-refractivity contribution < 1.29 is 23.4 Å². The van der Waals surface area contributed by atoms with Crippen LogP contribution in [0.25, 0.3) is 0 Å². The number of hydrogen-bond acceptors (Lipinski definition) is 7. The summed E-state index contributed by atoms with van der Waals surface area (Å²) in [6.07, 6.45) is 1.89. The van der Waals surface area contributed by atoms with Gasteiger partial charge in [0.15, 0.2) is 16.7 Å². The largest absolute Gasteiger partial charge is 0.490 e. The molecule has 178 valence electrons. The third-order valence-electron chi connectivity index (χ3n) is 5.33. The Kier molecular flexibility index (Phi) is 7.48. The summed E-state index contributed by atoms with van der Waals surface area (Å²) in [5.74, 6) is 0.0762. The van der Waals surface area contributed by atoms with Crippen molar-refractivity contribution in [3.8, 4) is 11.5 Å². The van der Waals surface area contributed by atoms with Gasteiger partial charge in [0, 0.05) is 11.8 Å². The van der Waals surface area contributed by atoms with Crippen LogP contribution in [0.5, 0.6) is 11.5 Å². The van der Waals surface area contributed by atoms with Gasteiger partial charge in [0.25, 0.3) is 0 Å². The number of carbonyl (C=O) groups excluding carboxylic acids is 1. The summed E-state index contributed by atoms with van der Waals surface area (Å²) in [5.41, 5.74) is 2.15. The van der Waals surface area contributed by atoms with Crippen molar-refractivity contribution in [2.24, 2.45) is 4.99 Å². The first-order valence-electron chi connectivity index (χ1n) is 10.8. The lowest BCUT2D eigenvalue weighted by atomic mass is 9.94. The molecule has 0 bridgehead atoms.